The van der Waals surface area contributed by atoms with Gasteiger partial charge in [0.25, 0.3) is 0 Å². The lowest BCUT2D eigenvalue weighted by atomic mass is 10.1. The standard InChI is InChI=1S/C18H28N4O2/c1-3-19-18(21-13-17(23)22-9-4-5-10-22)20-12-15-7-6-8-16(11-15)14-24-2/h6-8,11H,3-5,9-10,12-14H2,1-2H3,(H2,19,20,21). The zero-order valence-electron chi connectivity index (χ0n) is 14.7. The molecule has 2 N–H and O–H groups in total. The van der Waals surface area contributed by atoms with Crippen LogP contribution in [-0.2, 0) is 22.7 Å². The van der Waals surface area contributed by atoms with Crippen molar-refractivity contribution in [3.8, 4) is 0 Å². The van der Waals surface area contributed by atoms with Gasteiger partial charge >= 0.3 is 0 Å². The zero-order valence-corrected chi connectivity index (χ0v) is 14.7. The van der Waals surface area contributed by atoms with Crippen LogP contribution < -0.4 is 10.6 Å². The van der Waals surface area contributed by atoms with Gasteiger partial charge in [-0.25, -0.2) is 4.99 Å². The first-order valence-corrected chi connectivity index (χ1v) is 8.59. The first kappa shape index (κ1) is 18.3. The molecule has 1 heterocycles. The Hall–Kier alpha value is -2.08. The minimum Gasteiger partial charge on any atom is -0.380 e. The lowest BCUT2D eigenvalue weighted by Crippen LogP contribution is -2.44. The molecule has 2 rings (SSSR count). The van der Waals surface area contributed by atoms with E-state index in [9.17, 15) is 4.79 Å². The number of aliphatic imine (C=N–C) groups is 1. The van der Waals surface area contributed by atoms with Crippen LogP contribution in [0.4, 0.5) is 0 Å². The molecule has 0 saturated carbocycles. The molecular weight excluding hydrogens is 304 g/mol. The number of carbonyl (C=O) groups excluding carboxylic acids is 1. The fourth-order valence-corrected chi connectivity index (χ4v) is 2.73. The Kier molecular flexibility index (Phi) is 7.55. The van der Waals surface area contributed by atoms with E-state index in [1.54, 1.807) is 7.11 Å². The van der Waals surface area contributed by atoms with Crippen LogP contribution in [-0.4, -0.2) is 50.1 Å². The maximum atomic E-state index is 12.1. The molecule has 1 aliphatic heterocycles. The number of methoxy groups -OCH3 is 1. The molecule has 0 unspecified atom stereocenters. The van der Waals surface area contributed by atoms with Crippen molar-refractivity contribution in [2.24, 2.45) is 4.99 Å². The summed E-state index contributed by atoms with van der Waals surface area (Å²) in [6.07, 6.45) is 2.22. The third-order valence-electron chi connectivity index (χ3n) is 3.93. The summed E-state index contributed by atoms with van der Waals surface area (Å²) in [7, 11) is 1.69. The SMILES string of the molecule is CCNC(=NCc1cccc(COC)c1)NCC(=O)N1CCCC1. The van der Waals surface area contributed by atoms with E-state index in [4.69, 9.17) is 4.74 Å². The van der Waals surface area contributed by atoms with Crippen LogP contribution in [0.15, 0.2) is 29.3 Å². The van der Waals surface area contributed by atoms with E-state index in [-0.39, 0.29) is 12.5 Å². The first-order valence-electron chi connectivity index (χ1n) is 8.59. The number of guanidine groups is 1. The summed E-state index contributed by atoms with van der Waals surface area (Å²) >= 11 is 0. The number of amides is 1. The molecule has 0 radical (unpaired) electrons. The van der Waals surface area contributed by atoms with Crippen molar-refractivity contribution >= 4 is 11.9 Å². The molecule has 0 aromatic heterocycles. The van der Waals surface area contributed by atoms with Gasteiger partial charge in [0.2, 0.25) is 5.91 Å². The summed E-state index contributed by atoms with van der Waals surface area (Å²) in [4.78, 5) is 18.6. The summed E-state index contributed by atoms with van der Waals surface area (Å²) < 4.78 is 5.16. The van der Waals surface area contributed by atoms with E-state index < -0.39 is 0 Å². The smallest absolute Gasteiger partial charge is 0.241 e. The summed E-state index contributed by atoms with van der Waals surface area (Å²) in [6.45, 7) is 5.97. The number of nitrogens with one attached hydrogen (secondary N) is 2. The molecule has 0 bridgehead atoms. The van der Waals surface area contributed by atoms with E-state index >= 15 is 0 Å². The number of hydrogen-bond acceptors (Lipinski definition) is 3. The molecule has 1 aromatic rings. The molecule has 0 aliphatic carbocycles. The molecule has 0 atom stereocenters. The Bertz CT molecular complexity index is 554. The third kappa shape index (κ3) is 5.85. The summed E-state index contributed by atoms with van der Waals surface area (Å²) in [6, 6.07) is 8.18. The first-order chi connectivity index (χ1) is 11.7. The molecule has 132 valence electrons. The number of likely N-dealkylation sites (tertiary alicyclic amines) is 1. The normalized spacial score (nSPS) is 14.8. The number of benzene rings is 1. The second-order valence-corrected chi connectivity index (χ2v) is 5.89. The van der Waals surface area contributed by atoms with Crippen molar-refractivity contribution in [1.29, 1.82) is 0 Å². The van der Waals surface area contributed by atoms with Crippen molar-refractivity contribution in [2.75, 3.05) is 33.3 Å². The highest BCUT2D eigenvalue weighted by atomic mass is 16.5. The van der Waals surface area contributed by atoms with Crippen molar-refractivity contribution in [2.45, 2.75) is 32.9 Å². The molecule has 1 amide bonds. The van der Waals surface area contributed by atoms with E-state index in [0.29, 0.717) is 19.1 Å². The van der Waals surface area contributed by atoms with Gasteiger partial charge in [0, 0.05) is 26.7 Å². The van der Waals surface area contributed by atoms with Crippen LogP contribution >= 0.6 is 0 Å². The zero-order chi connectivity index (χ0) is 17.2. The highest BCUT2D eigenvalue weighted by molar-refractivity contribution is 5.86. The van der Waals surface area contributed by atoms with Crippen molar-refractivity contribution in [3.05, 3.63) is 35.4 Å². The minimum absolute atomic E-state index is 0.139. The quantitative estimate of drug-likeness (QED) is 0.587. The van der Waals surface area contributed by atoms with E-state index in [2.05, 4.69) is 21.7 Å². The van der Waals surface area contributed by atoms with Gasteiger partial charge in [-0.2, -0.15) is 0 Å². The Balaban J connectivity index is 1.89. The van der Waals surface area contributed by atoms with E-state index in [1.165, 1.54) is 0 Å². The van der Waals surface area contributed by atoms with Gasteiger partial charge in [-0.1, -0.05) is 24.3 Å². The van der Waals surface area contributed by atoms with Crippen molar-refractivity contribution < 1.29 is 9.53 Å². The van der Waals surface area contributed by atoms with E-state index in [1.807, 2.05) is 30.0 Å². The van der Waals surface area contributed by atoms with Gasteiger partial charge in [-0.3, -0.25) is 4.79 Å². The molecule has 1 saturated heterocycles. The van der Waals surface area contributed by atoms with Crippen molar-refractivity contribution in [1.82, 2.24) is 15.5 Å². The Morgan fingerprint density at radius 1 is 1.25 bits per heavy atom. The second kappa shape index (κ2) is 9.93. The van der Waals surface area contributed by atoms with E-state index in [0.717, 1.165) is 43.6 Å². The average Bonchev–Trinajstić information content (AvgIpc) is 3.12. The van der Waals surface area contributed by atoms with Crippen LogP contribution in [0.2, 0.25) is 0 Å². The molecule has 1 fully saturated rings. The summed E-state index contributed by atoms with van der Waals surface area (Å²) in [5.74, 6) is 0.808. The topological polar surface area (TPSA) is 66.0 Å². The van der Waals surface area contributed by atoms with Gasteiger partial charge in [0.15, 0.2) is 5.96 Å². The van der Waals surface area contributed by atoms with Crippen LogP contribution in [0.3, 0.4) is 0 Å². The van der Waals surface area contributed by atoms with Gasteiger partial charge < -0.3 is 20.3 Å². The van der Waals surface area contributed by atoms with Crippen molar-refractivity contribution in [3.63, 3.8) is 0 Å². The van der Waals surface area contributed by atoms with Gasteiger partial charge in [0.05, 0.1) is 19.7 Å². The number of rotatable bonds is 7. The molecule has 24 heavy (non-hydrogen) atoms. The Morgan fingerprint density at radius 3 is 2.71 bits per heavy atom. The van der Waals surface area contributed by atoms with Gasteiger partial charge in [0.1, 0.15) is 0 Å². The van der Waals surface area contributed by atoms with Crippen LogP contribution in [0.25, 0.3) is 0 Å². The Labute approximate surface area is 144 Å². The molecular formula is C18H28N4O2. The highest BCUT2D eigenvalue weighted by Gasteiger charge is 2.17. The monoisotopic (exact) mass is 332 g/mol. The maximum absolute atomic E-state index is 12.1. The molecule has 0 spiro atoms. The van der Waals surface area contributed by atoms with Crippen LogP contribution in [0.5, 0.6) is 0 Å². The summed E-state index contributed by atoms with van der Waals surface area (Å²) in [5, 5.41) is 6.31. The lowest BCUT2D eigenvalue weighted by molar-refractivity contribution is -0.128. The van der Waals surface area contributed by atoms with Gasteiger partial charge in [-0.05, 0) is 30.9 Å². The predicted molar refractivity (Wildman–Crippen MR) is 95.8 cm³/mol. The number of hydrogen-bond donors (Lipinski definition) is 2. The van der Waals surface area contributed by atoms with Crippen LogP contribution in [0.1, 0.15) is 30.9 Å². The highest BCUT2D eigenvalue weighted by Crippen LogP contribution is 2.08. The number of ether oxygens (including phenoxy) is 1. The Morgan fingerprint density at radius 2 is 2.00 bits per heavy atom. The fourth-order valence-electron chi connectivity index (χ4n) is 2.73. The molecule has 6 heteroatoms. The second-order valence-electron chi connectivity index (χ2n) is 5.89. The molecule has 1 aliphatic rings. The fraction of sp³-hybridized carbons (Fsp3) is 0.556. The average molecular weight is 332 g/mol. The minimum atomic E-state index is 0.139. The third-order valence-corrected chi connectivity index (χ3v) is 3.93. The molecule has 6 nitrogen and oxygen atoms in total. The molecule has 1 aromatic carbocycles. The largest absolute Gasteiger partial charge is 0.380 e. The summed E-state index contributed by atoms with van der Waals surface area (Å²) in [5.41, 5.74) is 2.25. The maximum Gasteiger partial charge on any atom is 0.241 e. The van der Waals surface area contributed by atoms with Crippen LogP contribution in [0, 0.1) is 0 Å². The lowest BCUT2D eigenvalue weighted by Gasteiger charge is -2.17. The number of carbonyl (C=O) groups is 1. The van der Waals surface area contributed by atoms with Gasteiger partial charge in [-0.15, -0.1) is 0 Å². The predicted octanol–water partition coefficient (Wildman–Crippen LogP) is 1.51. The number of nitrogens with zero attached hydrogens (tertiary/aromatic N) is 2.